The molecule has 12 heteroatoms. The van der Waals surface area contributed by atoms with E-state index in [1.165, 1.54) is 23.5 Å². The number of thiazole rings is 1. The first kappa shape index (κ1) is 22.3. The van der Waals surface area contributed by atoms with Gasteiger partial charge in [-0.05, 0) is 44.2 Å². The molecule has 0 aliphatic rings. The molecular formula is C20H19F3N4O3S2. The maximum atomic E-state index is 13.0. The third-order valence-corrected chi connectivity index (χ3v) is 6.52. The molecule has 0 fully saturated rings. The van der Waals surface area contributed by atoms with Crippen LogP contribution in [-0.4, -0.2) is 41.5 Å². The average Bonchev–Trinajstić information content (AvgIpc) is 3.23. The Kier molecular flexibility index (Phi) is 5.53. The Morgan fingerprint density at radius 1 is 1.22 bits per heavy atom. The summed E-state index contributed by atoms with van der Waals surface area (Å²) < 4.78 is 70.4. The molecule has 0 atom stereocenters. The van der Waals surface area contributed by atoms with Crippen molar-refractivity contribution in [3.8, 4) is 5.75 Å². The first-order valence-electron chi connectivity index (χ1n) is 9.49. The van der Waals surface area contributed by atoms with Gasteiger partial charge in [-0.3, -0.25) is 0 Å². The number of rotatable bonds is 6. The SMILES string of the molecule is CC(C)Oc1ccc(S(C)(=O)=O)cc1Nc1nc2c(ccc3ncn(CC(F)(F)F)c32)s1. The summed E-state index contributed by atoms with van der Waals surface area (Å²) in [6.07, 6.45) is -2.31. The molecule has 4 aromatic rings. The lowest BCUT2D eigenvalue weighted by atomic mass is 10.3. The summed E-state index contributed by atoms with van der Waals surface area (Å²) in [6.45, 7) is 2.50. The van der Waals surface area contributed by atoms with E-state index in [4.69, 9.17) is 4.74 Å². The molecule has 0 aliphatic carbocycles. The minimum atomic E-state index is -4.40. The number of anilines is 2. The molecule has 0 amide bonds. The third-order valence-electron chi connectivity index (χ3n) is 4.47. The minimum Gasteiger partial charge on any atom is -0.489 e. The molecular weight excluding hydrogens is 465 g/mol. The van der Waals surface area contributed by atoms with Gasteiger partial charge in [-0.1, -0.05) is 11.3 Å². The van der Waals surface area contributed by atoms with Gasteiger partial charge in [0.15, 0.2) is 15.0 Å². The number of sulfone groups is 1. The number of benzene rings is 2. The van der Waals surface area contributed by atoms with Gasteiger partial charge < -0.3 is 14.6 Å². The lowest BCUT2D eigenvalue weighted by Gasteiger charge is -2.15. The van der Waals surface area contributed by atoms with E-state index in [-0.39, 0.29) is 16.5 Å². The van der Waals surface area contributed by atoms with Crippen molar-refractivity contribution >= 4 is 53.2 Å². The summed E-state index contributed by atoms with van der Waals surface area (Å²) in [5.74, 6) is 0.430. The van der Waals surface area contributed by atoms with Crippen molar-refractivity contribution in [1.82, 2.24) is 14.5 Å². The predicted octanol–water partition coefficient (Wildman–Crippen LogP) is 5.14. The van der Waals surface area contributed by atoms with E-state index in [2.05, 4.69) is 15.3 Å². The van der Waals surface area contributed by atoms with Crippen LogP contribution in [0.15, 0.2) is 41.6 Å². The number of fused-ring (bicyclic) bond motifs is 3. The van der Waals surface area contributed by atoms with Crippen molar-refractivity contribution in [3.05, 3.63) is 36.7 Å². The molecule has 0 unspecified atom stereocenters. The highest BCUT2D eigenvalue weighted by molar-refractivity contribution is 7.90. The van der Waals surface area contributed by atoms with Crippen molar-refractivity contribution in [3.63, 3.8) is 0 Å². The second-order valence-corrected chi connectivity index (χ2v) is 10.6. The Balaban J connectivity index is 1.79. The molecule has 0 saturated heterocycles. The smallest absolute Gasteiger partial charge is 0.406 e. The standard InChI is InChI=1S/C20H19F3N4O3S2/c1-11(2)30-15-6-4-12(32(3,28)29)8-14(15)25-19-26-17-16(31-19)7-5-13-18(17)27(10-24-13)9-20(21,22)23/h4-8,10-11H,9H2,1-3H3,(H,25,26). The van der Waals surface area contributed by atoms with Gasteiger partial charge in [0, 0.05) is 6.26 Å². The zero-order valence-corrected chi connectivity index (χ0v) is 18.9. The Labute approximate surface area is 185 Å². The number of halogens is 3. The summed E-state index contributed by atoms with van der Waals surface area (Å²) >= 11 is 1.23. The van der Waals surface area contributed by atoms with Gasteiger partial charge in [0.2, 0.25) is 0 Å². The molecule has 0 radical (unpaired) electrons. The summed E-state index contributed by atoms with van der Waals surface area (Å²) in [5.41, 5.74) is 1.46. The monoisotopic (exact) mass is 484 g/mol. The Bertz CT molecular complexity index is 1410. The molecule has 32 heavy (non-hydrogen) atoms. The number of imidazole rings is 1. The molecule has 0 spiro atoms. The number of nitrogens with zero attached hydrogens (tertiary/aromatic N) is 3. The fraction of sp³-hybridized carbons (Fsp3) is 0.300. The summed E-state index contributed by atoms with van der Waals surface area (Å²) in [4.78, 5) is 8.64. The number of hydrogen-bond donors (Lipinski definition) is 1. The molecule has 1 N–H and O–H groups in total. The van der Waals surface area contributed by atoms with Gasteiger partial charge in [-0.2, -0.15) is 13.2 Å². The normalized spacial score (nSPS) is 12.7. The second-order valence-electron chi connectivity index (χ2n) is 7.51. The van der Waals surface area contributed by atoms with E-state index in [9.17, 15) is 21.6 Å². The second kappa shape index (κ2) is 7.93. The first-order chi connectivity index (χ1) is 14.9. The highest BCUT2D eigenvalue weighted by Gasteiger charge is 2.29. The van der Waals surface area contributed by atoms with Crippen LogP contribution >= 0.6 is 11.3 Å². The van der Waals surface area contributed by atoms with E-state index in [0.717, 1.165) is 17.2 Å². The van der Waals surface area contributed by atoms with Gasteiger partial charge in [-0.15, -0.1) is 0 Å². The lowest BCUT2D eigenvalue weighted by molar-refractivity contribution is -0.139. The minimum absolute atomic E-state index is 0.0999. The molecule has 2 aromatic carbocycles. The summed E-state index contributed by atoms with van der Waals surface area (Å²) in [7, 11) is -3.46. The first-order valence-corrected chi connectivity index (χ1v) is 12.2. The van der Waals surface area contributed by atoms with Crippen molar-refractivity contribution in [2.75, 3.05) is 11.6 Å². The molecule has 7 nitrogen and oxygen atoms in total. The zero-order valence-electron chi connectivity index (χ0n) is 17.3. The number of nitrogens with one attached hydrogen (secondary N) is 1. The quantitative estimate of drug-likeness (QED) is 0.408. The van der Waals surface area contributed by atoms with Gasteiger partial charge >= 0.3 is 6.18 Å². The Hall–Kier alpha value is -2.86. The average molecular weight is 485 g/mol. The van der Waals surface area contributed by atoms with Gasteiger partial charge in [0.25, 0.3) is 0 Å². The maximum Gasteiger partial charge on any atom is 0.406 e. The van der Waals surface area contributed by atoms with E-state index in [1.807, 2.05) is 13.8 Å². The molecule has 0 saturated carbocycles. The molecule has 0 aliphatic heterocycles. The molecule has 4 rings (SSSR count). The zero-order chi connectivity index (χ0) is 23.3. The molecule has 170 valence electrons. The molecule has 2 aromatic heterocycles. The summed E-state index contributed by atoms with van der Waals surface area (Å²) in [5, 5.41) is 3.45. The van der Waals surface area contributed by atoms with Gasteiger partial charge in [0.05, 0.1) is 38.7 Å². The fourth-order valence-corrected chi connectivity index (χ4v) is 4.75. The molecule has 0 bridgehead atoms. The largest absolute Gasteiger partial charge is 0.489 e. The van der Waals surface area contributed by atoms with Crippen LogP contribution in [0.3, 0.4) is 0 Å². The Morgan fingerprint density at radius 3 is 2.62 bits per heavy atom. The van der Waals surface area contributed by atoms with Crippen LogP contribution in [0.2, 0.25) is 0 Å². The van der Waals surface area contributed by atoms with Crippen LogP contribution < -0.4 is 10.1 Å². The third kappa shape index (κ3) is 4.65. The van der Waals surface area contributed by atoms with Gasteiger partial charge in [0.1, 0.15) is 17.8 Å². The highest BCUT2D eigenvalue weighted by atomic mass is 32.2. The van der Waals surface area contributed by atoms with E-state index in [0.29, 0.717) is 32.3 Å². The Morgan fingerprint density at radius 2 is 1.97 bits per heavy atom. The number of alkyl halides is 3. The highest BCUT2D eigenvalue weighted by Crippen LogP contribution is 2.37. The number of ether oxygens (including phenoxy) is 1. The van der Waals surface area contributed by atoms with E-state index < -0.39 is 22.6 Å². The lowest BCUT2D eigenvalue weighted by Crippen LogP contribution is -2.16. The topological polar surface area (TPSA) is 86.1 Å². The van der Waals surface area contributed by atoms with Crippen molar-refractivity contribution in [2.24, 2.45) is 0 Å². The van der Waals surface area contributed by atoms with Crippen LogP contribution in [0.1, 0.15) is 13.8 Å². The summed E-state index contributed by atoms with van der Waals surface area (Å²) in [6, 6.07) is 7.84. The van der Waals surface area contributed by atoms with Crippen LogP contribution in [-0.2, 0) is 16.4 Å². The van der Waals surface area contributed by atoms with Crippen molar-refractivity contribution in [2.45, 2.75) is 37.6 Å². The van der Waals surface area contributed by atoms with E-state index in [1.54, 1.807) is 18.2 Å². The fourth-order valence-electron chi connectivity index (χ4n) is 3.22. The van der Waals surface area contributed by atoms with Gasteiger partial charge in [-0.25, -0.2) is 18.4 Å². The number of hydrogen-bond acceptors (Lipinski definition) is 7. The van der Waals surface area contributed by atoms with E-state index >= 15 is 0 Å². The molecule has 2 heterocycles. The predicted molar refractivity (Wildman–Crippen MR) is 118 cm³/mol. The van der Waals surface area contributed by atoms with Crippen LogP contribution in [0.4, 0.5) is 24.0 Å². The van der Waals surface area contributed by atoms with Crippen LogP contribution in [0.5, 0.6) is 5.75 Å². The van der Waals surface area contributed by atoms with Crippen LogP contribution in [0.25, 0.3) is 21.3 Å². The maximum absolute atomic E-state index is 13.0. The van der Waals surface area contributed by atoms with Crippen LogP contribution in [0, 0.1) is 0 Å². The van der Waals surface area contributed by atoms with Crippen molar-refractivity contribution < 1.29 is 26.3 Å². The van der Waals surface area contributed by atoms with Crippen molar-refractivity contribution in [1.29, 1.82) is 0 Å². The number of aromatic nitrogens is 3.